The van der Waals surface area contributed by atoms with Crippen LogP contribution in [-0.2, 0) is 4.79 Å². The minimum atomic E-state index is -0.636. The number of Topliss-reactive ketones (excluding diaryl/α,β-unsaturated/α-hetero) is 1. The van der Waals surface area contributed by atoms with Gasteiger partial charge < -0.3 is 5.32 Å². The van der Waals surface area contributed by atoms with Crippen molar-refractivity contribution in [3.8, 4) is 0 Å². The van der Waals surface area contributed by atoms with Crippen LogP contribution in [0.2, 0.25) is 5.02 Å². The molecule has 2 rings (SSSR count). The molecule has 20 heavy (non-hydrogen) atoms. The molecule has 0 heterocycles. The van der Waals surface area contributed by atoms with E-state index in [2.05, 4.69) is 5.32 Å². The maximum atomic E-state index is 12.0. The van der Waals surface area contributed by atoms with Gasteiger partial charge in [0.2, 0.25) is 5.78 Å². The predicted molar refractivity (Wildman–Crippen MR) is 78.8 cm³/mol. The zero-order valence-electron chi connectivity index (χ0n) is 11.0. The number of rotatable bonds is 4. The molecule has 102 valence electrons. The summed E-state index contributed by atoms with van der Waals surface area (Å²) in [4.78, 5) is 23.9. The molecule has 0 saturated carbocycles. The number of halogens is 1. The Kier molecular flexibility index (Phi) is 4.53. The Morgan fingerprint density at radius 3 is 2.40 bits per heavy atom. The number of nitrogens with one attached hydrogen (secondary N) is 1. The van der Waals surface area contributed by atoms with Crippen LogP contribution in [0.3, 0.4) is 0 Å². The van der Waals surface area contributed by atoms with Gasteiger partial charge in [0.05, 0.1) is 6.04 Å². The molecule has 0 radical (unpaired) electrons. The van der Waals surface area contributed by atoms with Crippen molar-refractivity contribution >= 4 is 23.3 Å². The summed E-state index contributed by atoms with van der Waals surface area (Å²) in [5, 5.41) is 3.11. The van der Waals surface area contributed by atoms with E-state index in [1.807, 2.05) is 37.3 Å². The highest BCUT2D eigenvalue weighted by Crippen LogP contribution is 2.13. The molecule has 2 aromatic carbocycles. The van der Waals surface area contributed by atoms with Crippen LogP contribution in [0.4, 0.5) is 0 Å². The van der Waals surface area contributed by atoms with Crippen molar-refractivity contribution in [2.75, 3.05) is 0 Å². The highest BCUT2D eigenvalue weighted by molar-refractivity contribution is 6.43. The molecule has 0 aliphatic rings. The molecule has 1 N–H and O–H groups in total. The van der Waals surface area contributed by atoms with E-state index >= 15 is 0 Å². The second-order valence-electron chi connectivity index (χ2n) is 4.45. The maximum Gasteiger partial charge on any atom is 0.292 e. The van der Waals surface area contributed by atoms with Gasteiger partial charge >= 0.3 is 0 Å². The molecule has 0 aromatic heterocycles. The van der Waals surface area contributed by atoms with Crippen LogP contribution in [0.5, 0.6) is 0 Å². The molecule has 0 fully saturated rings. The fourth-order valence-corrected chi connectivity index (χ4v) is 2.04. The molecule has 4 heteroatoms. The van der Waals surface area contributed by atoms with Crippen LogP contribution in [0.15, 0.2) is 54.6 Å². The monoisotopic (exact) mass is 287 g/mol. The predicted octanol–water partition coefficient (Wildman–Crippen LogP) is 3.40. The number of ketones is 1. The number of benzene rings is 2. The Morgan fingerprint density at radius 1 is 1.05 bits per heavy atom. The van der Waals surface area contributed by atoms with Gasteiger partial charge in [-0.1, -0.05) is 54.1 Å². The van der Waals surface area contributed by atoms with Crippen molar-refractivity contribution in [2.24, 2.45) is 0 Å². The third-order valence-electron chi connectivity index (χ3n) is 2.94. The fourth-order valence-electron chi connectivity index (χ4n) is 1.85. The zero-order valence-corrected chi connectivity index (χ0v) is 11.7. The fraction of sp³-hybridized carbons (Fsp3) is 0.125. The van der Waals surface area contributed by atoms with Crippen molar-refractivity contribution < 1.29 is 9.59 Å². The van der Waals surface area contributed by atoms with Gasteiger partial charge in [-0.15, -0.1) is 0 Å². The van der Waals surface area contributed by atoms with Crippen molar-refractivity contribution in [1.29, 1.82) is 0 Å². The molecule has 0 bridgehead atoms. The molecule has 0 aliphatic carbocycles. The van der Waals surface area contributed by atoms with Crippen molar-refractivity contribution in [3.05, 3.63) is 70.7 Å². The summed E-state index contributed by atoms with van der Waals surface area (Å²) >= 11 is 5.81. The second-order valence-corrected chi connectivity index (χ2v) is 4.88. The first-order valence-electron chi connectivity index (χ1n) is 6.23. The van der Waals surface area contributed by atoms with E-state index in [1.165, 1.54) is 6.07 Å². The lowest BCUT2D eigenvalue weighted by molar-refractivity contribution is -0.117. The summed E-state index contributed by atoms with van der Waals surface area (Å²) < 4.78 is 0. The molecule has 0 aliphatic heterocycles. The minimum absolute atomic E-state index is 0.230. The lowest BCUT2D eigenvalue weighted by Crippen LogP contribution is -2.33. The van der Waals surface area contributed by atoms with Gasteiger partial charge in [-0.25, -0.2) is 0 Å². The van der Waals surface area contributed by atoms with Gasteiger partial charge in [-0.05, 0) is 24.6 Å². The molecule has 0 spiro atoms. The largest absolute Gasteiger partial charge is 0.343 e. The van der Waals surface area contributed by atoms with Crippen molar-refractivity contribution in [3.63, 3.8) is 0 Å². The summed E-state index contributed by atoms with van der Waals surface area (Å²) in [6.45, 7) is 1.83. The first kappa shape index (κ1) is 14.3. The Balaban J connectivity index is 2.07. The van der Waals surface area contributed by atoms with E-state index in [9.17, 15) is 9.59 Å². The van der Waals surface area contributed by atoms with Crippen LogP contribution in [-0.4, -0.2) is 11.7 Å². The van der Waals surface area contributed by atoms with E-state index in [0.717, 1.165) is 5.56 Å². The zero-order chi connectivity index (χ0) is 14.5. The van der Waals surface area contributed by atoms with Gasteiger partial charge in [-0.3, -0.25) is 9.59 Å². The lowest BCUT2D eigenvalue weighted by atomic mass is 10.1. The molecule has 2 aromatic rings. The third kappa shape index (κ3) is 3.45. The highest BCUT2D eigenvalue weighted by Gasteiger charge is 2.18. The first-order chi connectivity index (χ1) is 9.58. The third-order valence-corrected chi connectivity index (χ3v) is 3.18. The minimum Gasteiger partial charge on any atom is -0.343 e. The number of carbonyl (C=O) groups excluding carboxylic acids is 2. The quantitative estimate of drug-likeness (QED) is 0.692. The van der Waals surface area contributed by atoms with Crippen LogP contribution >= 0.6 is 11.6 Å². The normalized spacial score (nSPS) is 11.7. The van der Waals surface area contributed by atoms with E-state index in [0.29, 0.717) is 5.02 Å². The standard InChI is InChI=1S/C16H14ClNO2/c1-11(12-6-3-2-4-7-12)18-16(20)15(19)13-8-5-9-14(17)10-13/h2-11H,1H3,(H,18,20)/t11-/m0/s1. The van der Waals surface area contributed by atoms with Gasteiger partial charge in [0.25, 0.3) is 5.91 Å². The molecule has 1 atom stereocenters. The van der Waals surface area contributed by atoms with Crippen LogP contribution in [0, 0.1) is 0 Å². The van der Waals surface area contributed by atoms with Crippen LogP contribution in [0.1, 0.15) is 28.9 Å². The van der Waals surface area contributed by atoms with Gasteiger partial charge in [-0.2, -0.15) is 0 Å². The molecule has 3 nitrogen and oxygen atoms in total. The Morgan fingerprint density at radius 2 is 1.75 bits per heavy atom. The molecule has 0 saturated heterocycles. The van der Waals surface area contributed by atoms with Gasteiger partial charge in [0.15, 0.2) is 0 Å². The average molecular weight is 288 g/mol. The summed E-state index contributed by atoms with van der Waals surface area (Å²) in [6, 6.07) is 15.6. The van der Waals surface area contributed by atoms with E-state index in [4.69, 9.17) is 11.6 Å². The summed E-state index contributed by atoms with van der Waals surface area (Å²) in [5.41, 5.74) is 1.23. The smallest absolute Gasteiger partial charge is 0.292 e. The summed E-state index contributed by atoms with van der Waals surface area (Å²) in [6.07, 6.45) is 0. The van der Waals surface area contributed by atoms with Crippen molar-refractivity contribution in [2.45, 2.75) is 13.0 Å². The van der Waals surface area contributed by atoms with E-state index in [1.54, 1.807) is 18.2 Å². The Hall–Kier alpha value is -2.13. The summed E-state index contributed by atoms with van der Waals surface area (Å²) in [5.74, 6) is -1.22. The lowest BCUT2D eigenvalue weighted by Gasteiger charge is -2.13. The molecule has 0 unspecified atom stereocenters. The topological polar surface area (TPSA) is 46.2 Å². The molecular weight excluding hydrogens is 274 g/mol. The van der Waals surface area contributed by atoms with Crippen LogP contribution in [0.25, 0.3) is 0 Å². The van der Waals surface area contributed by atoms with E-state index in [-0.39, 0.29) is 11.6 Å². The van der Waals surface area contributed by atoms with Gasteiger partial charge in [0, 0.05) is 10.6 Å². The number of hydrogen-bond donors (Lipinski definition) is 1. The van der Waals surface area contributed by atoms with Gasteiger partial charge in [0.1, 0.15) is 0 Å². The van der Waals surface area contributed by atoms with Crippen molar-refractivity contribution in [1.82, 2.24) is 5.32 Å². The van der Waals surface area contributed by atoms with E-state index < -0.39 is 11.7 Å². The Labute approximate surface area is 122 Å². The number of carbonyl (C=O) groups is 2. The highest BCUT2D eigenvalue weighted by atomic mass is 35.5. The molecular formula is C16H14ClNO2. The molecule has 1 amide bonds. The number of amides is 1. The Bertz CT molecular complexity index is 625. The summed E-state index contributed by atoms with van der Waals surface area (Å²) in [7, 11) is 0. The van der Waals surface area contributed by atoms with Crippen LogP contribution < -0.4 is 5.32 Å². The second kappa shape index (κ2) is 6.35. The average Bonchev–Trinajstić information content (AvgIpc) is 2.47. The maximum absolute atomic E-state index is 12.0. The SMILES string of the molecule is C[C@H](NC(=O)C(=O)c1cccc(Cl)c1)c1ccccc1. The first-order valence-corrected chi connectivity index (χ1v) is 6.61. The number of hydrogen-bond acceptors (Lipinski definition) is 2.